The molecule has 8 rings (SSSR count). The molecule has 0 spiro atoms. The van der Waals surface area contributed by atoms with Crippen molar-refractivity contribution in [2.45, 2.75) is 12.7 Å². The summed E-state index contributed by atoms with van der Waals surface area (Å²) < 4.78 is 5.13. The number of nitrogen functional groups attached to an aromatic ring is 1. The first kappa shape index (κ1) is 23.3. The summed E-state index contributed by atoms with van der Waals surface area (Å²) in [5, 5.41) is 11.8. The van der Waals surface area contributed by atoms with Gasteiger partial charge in [-0.25, -0.2) is 0 Å². The maximum Gasteiger partial charge on any atom is 0.0739 e. The zero-order valence-corrected chi connectivity index (χ0v) is 22.7. The topological polar surface area (TPSA) is 43.0 Å². The summed E-state index contributed by atoms with van der Waals surface area (Å²) in [6.07, 6.45) is 0. The number of para-hydroxylation sites is 2. The molecule has 3 N–H and O–H groups in total. The van der Waals surface area contributed by atoms with Crippen molar-refractivity contribution in [3.8, 4) is 0 Å². The van der Waals surface area contributed by atoms with E-state index in [4.69, 9.17) is 5.73 Å². The molecular formula is C36H27N3S. The fraction of sp³-hybridized carbons (Fsp3) is 0.0556. The molecule has 2 aromatic heterocycles. The summed E-state index contributed by atoms with van der Waals surface area (Å²) in [7, 11) is 0. The summed E-state index contributed by atoms with van der Waals surface area (Å²) in [6, 6.07) is 45.2. The van der Waals surface area contributed by atoms with Gasteiger partial charge in [-0.3, -0.25) is 5.32 Å². The Balaban J connectivity index is 1.41. The number of nitrogens with one attached hydrogen (secondary N) is 1. The van der Waals surface area contributed by atoms with Gasteiger partial charge < -0.3 is 10.3 Å². The van der Waals surface area contributed by atoms with Gasteiger partial charge in [-0.2, -0.15) is 0 Å². The highest BCUT2D eigenvalue weighted by Crippen LogP contribution is 2.46. The summed E-state index contributed by atoms with van der Waals surface area (Å²) in [6.45, 7) is 0.638. The van der Waals surface area contributed by atoms with Crippen LogP contribution in [0.15, 0.2) is 127 Å². The average molecular weight is 534 g/mol. The highest BCUT2D eigenvalue weighted by atomic mass is 32.1. The zero-order valence-electron chi connectivity index (χ0n) is 21.8. The van der Waals surface area contributed by atoms with Crippen LogP contribution < -0.4 is 11.1 Å². The third kappa shape index (κ3) is 3.47. The summed E-state index contributed by atoms with van der Waals surface area (Å²) in [4.78, 5) is 0. The molecule has 4 heteroatoms. The number of hydrogen-bond acceptors (Lipinski definition) is 3. The molecule has 0 aliphatic heterocycles. The lowest BCUT2D eigenvalue weighted by atomic mass is 9.97. The van der Waals surface area contributed by atoms with E-state index < -0.39 is 0 Å². The van der Waals surface area contributed by atoms with Crippen molar-refractivity contribution in [1.29, 1.82) is 0 Å². The first-order valence-electron chi connectivity index (χ1n) is 13.7. The number of rotatable bonds is 5. The third-order valence-corrected chi connectivity index (χ3v) is 9.32. The predicted octanol–water partition coefficient (Wildman–Crippen LogP) is 9.23. The van der Waals surface area contributed by atoms with E-state index >= 15 is 0 Å². The molecule has 3 nitrogen and oxygen atoms in total. The lowest BCUT2D eigenvalue weighted by Gasteiger charge is -2.22. The molecule has 0 fully saturated rings. The molecule has 0 amide bonds. The minimum absolute atomic E-state index is 0.0445. The van der Waals surface area contributed by atoms with Crippen molar-refractivity contribution >= 4 is 69.8 Å². The van der Waals surface area contributed by atoms with Gasteiger partial charge in [0.1, 0.15) is 0 Å². The minimum Gasteiger partial charge on any atom is -0.398 e. The Labute approximate surface area is 236 Å². The van der Waals surface area contributed by atoms with E-state index in [0.29, 0.717) is 6.67 Å². The summed E-state index contributed by atoms with van der Waals surface area (Å²) in [5.41, 5.74) is 12.1. The number of nitrogens with two attached hydrogens (primary N) is 1. The van der Waals surface area contributed by atoms with Crippen molar-refractivity contribution in [2.24, 2.45) is 0 Å². The van der Waals surface area contributed by atoms with Crippen molar-refractivity contribution in [1.82, 2.24) is 9.88 Å². The molecule has 1 unspecified atom stereocenters. The van der Waals surface area contributed by atoms with E-state index in [0.717, 1.165) is 11.3 Å². The lowest BCUT2D eigenvalue weighted by Crippen LogP contribution is -2.26. The molecular weight excluding hydrogens is 506 g/mol. The monoisotopic (exact) mass is 533 g/mol. The molecule has 192 valence electrons. The summed E-state index contributed by atoms with van der Waals surface area (Å²) >= 11 is 1.90. The quantitative estimate of drug-likeness (QED) is 0.217. The lowest BCUT2D eigenvalue weighted by molar-refractivity contribution is 0.528. The first-order chi connectivity index (χ1) is 19.8. The highest BCUT2D eigenvalue weighted by molar-refractivity contribution is 7.27. The normalized spacial score (nSPS) is 12.7. The molecule has 0 saturated carbocycles. The Morgan fingerprint density at radius 2 is 1.25 bits per heavy atom. The van der Waals surface area contributed by atoms with E-state index in [1.54, 1.807) is 0 Å². The van der Waals surface area contributed by atoms with Crippen LogP contribution in [0.2, 0.25) is 0 Å². The Morgan fingerprint density at radius 1 is 0.625 bits per heavy atom. The molecule has 0 aliphatic carbocycles. The fourth-order valence-corrected chi connectivity index (χ4v) is 7.66. The molecule has 0 radical (unpaired) electrons. The number of fused-ring (bicyclic) bond motifs is 10. The van der Waals surface area contributed by atoms with E-state index in [2.05, 4.69) is 125 Å². The number of nitrogens with zero attached hydrogens (tertiary/aromatic N) is 1. The molecule has 0 aliphatic rings. The van der Waals surface area contributed by atoms with Gasteiger partial charge in [0.25, 0.3) is 0 Å². The molecule has 2 heterocycles. The van der Waals surface area contributed by atoms with Crippen LogP contribution >= 0.6 is 11.3 Å². The number of thiophene rings is 1. The SMILES string of the molecule is Nc1ccccc1C(NCn1c2ccccc2c2c3ccccc3c3c4ccccc4sc3c21)c1ccccc1. The van der Waals surface area contributed by atoms with E-state index in [1.807, 2.05) is 23.5 Å². The molecule has 0 bridgehead atoms. The predicted molar refractivity (Wildman–Crippen MR) is 172 cm³/mol. The van der Waals surface area contributed by atoms with Crippen LogP contribution in [0.4, 0.5) is 5.69 Å². The van der Waals surface area contributed by atoms with E-state index in [-0.39, 0.29) is 6.04 Å². The summed E-state index contributed by atoms with van der Waals surface area (Å²) in [5.74, 6) is 0. The van der Waals surface area contributed by atoms with Crippen LogP contribution in [-0.4, -0.2) is 4.57 Å². The molecule has 40 heavy (non-hydrogen) atoms. The van der Waals surface area contributed by atoms with Crippen molar-refractivity contribution in [3.05, 3.63) is 139 Å². The van der Waals surface area contributed by atoms with Gasteiger partial charge in [0.2, 0.25) is 0 Å². The van der Waals surface area contributed by atoms with Gasteiger partial charge >= 0.3 is 0 Å². The maximum absolute atomic E-state index is 6.52. The Hall–Kier alpha value is -4.64. The number of aromatic nitrogens is 1. The largest absolute Gasteiger partial charge is 0.398 e. The van der Waals surface area contributed by atoms with Crippen molar-refractivity contribution in [3.63, 3.8) is 0 Å². The maximum atomic E-state index is 6.52. The molecule has 0 saturated heterocycles. The van der Waals surface area contributed by atoms with Gasteiger partial charge in [-0.1, -0.05) is 109 Å². The zero-order chi connectivity index (χ0) is 26.6. The number of anilines is 1. The minimum atomic E-state index is -0.0445. The standard InChI is InChI=1S/C36H27N3S/c37-29-19-9-6-16-26(29)34(23-12-2-1-3-13-23)38-22-39-30-20-10-7-17-27(30)32-24-14-4-5-15-25(24)33-28-18-8-11-21-31(28)40-36(33)35(32)39/h1-21,34,38H,22,37H2. The van der Waals surface area contributed by atoms with Gasteiger partial charge in [-0.15, -0.1) is 11.3 Å². The molecule has 6 aromatic carbocycles. The Bertz CT molecular complexity index is 2190. The van der Waals surface area contributed by atoms with Crippen LogP contribution in [0.1, 0.15) is 17.2 Å². The van der Waals surface area contributed by atoms with Crippen molar-refractivity contribution in [2.75, 3.05) is 5.73 Å². The second-order valence-corrected chi connectivity index (χ2v) is 11.4. The van der Waals surface area contributed by atoms with Crippen LogP contribution in [0.5, 0.6) is 0 Å². The fourth-order valence-electron chi connectivity index (χ4n) is 6.38. The second-order valence-electron chi connectivity index (χ2n) is 10.4. The van der Waals surface area contributed by atoms with Crippen LogP contribution in [0.25, 0.3) is 52.8 Å². The highest BCUT2D eigenvalue weighted by Gasteiger charge is 2.22. The van der Waals surface area contributed by atoms with Crippen LogP contribution in [-0.2, 0) is 6.67 Å². The van der Waals surface area contributed by atoms with Gasteiger partial charge in [-0.05, 0) is 40.1 Å². The number of benzene rings is 6. The molecule has 1 atom stereocenters. The van der Waals surface area contributed by atoms with Crippen LogP contribution in [0, 0.1) is 0 Å². The Kier molecular flexibility index (Phi) is 5.37. The Morgan fingerprint density at radius 3 is 2.05 bits per heavy atom. The third-order valence-electron chi connectivity index (χ3n) is 8.14. The van der Waals surface area contributed by atoms with Crippen LogP contribution in [0.3, 0.4) is 0 Å². The average Bonchev–Trinajstić information content (AvgIpc) is 3.55. The van der Waals surface area contributed by atoms with Crippen molar-refractivity contribution < 1.29 is 0 Å². The number of hydrogen-bond donors (Lipinski definition) is 2. The smallest absolute Gasteiger partial charge is 0.0739 e. The second kappa shape index (κ2) is 9.23. The van der Waals surface area contributed by atoms with E-state index in [1.165, 1.54) is 58.3 Å². The van der Waals surface area contributed by atoms with E-state index in [9.17, 15) is 0 Å². The van der Waals surface area contributed by atoms with Gasteiger partial charge in [0.15, 0.2) is 0 Å². The van der Waals surface area contributed by atoms with Gasteiger partial charge in [0.05, 0.1) is 28.4 Å². The molecule has 8 aromatic rings. The van der Waals surface area contributed by atoms with Gasteiger partial charge in [0, 0.05) is 31.9 Å². The first-order valence-corrected chi connectivity index (χ1v) is 14.5.